The number of hydrogen-bond acceptors (Lipinski definition) is 7. The zero-order valence-electron chi connectivity index (χ0n) is 18.9. The first-order chi connectivity index (χ1) is 15.8. The number of amides is 2. The summed E-state index contributed by atoms with van der Waals surface area (Å²) in [5.41, 5.74) is 2.53. The maximum Gasteiger partial charge on any atom is 0.224 e. The number of methoxy groups -OCH3 is 1. The molecule has 0 radical (unpaired) electrons. The maximum absolute atomic E-state index is 12.9. The van der Waals surface area contributed by atoms with E-state index in [1.165, 1.54) is 14.0 Å². The fourth-order valence-corrected chi connectivity index (χ4v) is 3.67. The molecule has 0 atom stereocenters. The Morgan fingerprint density at radius 2 is 1.61 bits per heavy atom. The standard InChI is InChI=1S/C24H25N5O4/c1-15(30)26-18-10-9-16(33-4)13-19(18)27-23(32)12-11-22(31)17(14-25)24-28(2)20-7-5-6-8-21(20)29(24)3/h5-10,13H,11-12H2,1-4H3,(H,26,30)(H,27,32). The molecular formula is C24H25N5O4. The van der Waals surface area contributed by atoms with Crippen molar-refractivity contribution in [3.8, 4) is 11.8 Å². The van der Waals surface area contributed by atoms with Crippen molar-refractivity contribution in [3.05, 3.63) is 53.9 Å². The number of benzene rings is 2. The Balaban J connectivity index is 1.73. The lowest BCUT2D eigenvalue weighted by Crippen LogP contribution is -2.26. The molecule has 0 saturated carbocycles. The highest BCUT2D eigenvalue weighted by molar-refractivity contribution is 6.05. The van der Waals surface area contributed by atoms with Crippen LogP contribution in [0.25, 0.3) is 0 Å². The van der Waals surface area contributed by atoms with Crippen molar-refractivity contribution in [2.24, 2.45) is 0 Å². The molecule has 1 aliphatic heterocycles. The average Bonchev–Trinajstić information content (AvgIpc) is 3.04. The summed E-state index contributed by atoms with van der Waals surface area (Å²) in [6.07, 6.45) is -0.274. The molecule has 2 N–H and O–H groups in total. The molecule has 1 heterocycles. The third-order valence-electron chi connectivity index (χ3n) is 5.24. The topological polar surface area (TPSA) is 115 Å². The molecule has 33 heavy (non-hydrogen) atoms. The van der Waals surface area contributed by atoms with Crippen LogP contribution < -0.4 is 25.2 Å². The molecule has 2 aromatic rings. The Morgan fingerprint density at radius 3 is 2.15 bits per heavy atom. The lowest BCUT2D eigenvalue weighted by atomic mass is 10.1. The quantitative estimate of drug-likeness (QED) is 0.494. The summed E-state index contributed by atoms with van der Waals surface area (Å²) >= 11 is 0. The molecule has 9 nitrogen and oxygen atoms in total. The van der Waals surface area contributed by atoms with Crippen LogP contribution in [0.15, 0.2) is 53.9 Å². The van der Waals surface area contributed by atoms with E-state index in [9.17, 15) is 19.6 Å². The summed E-state index contributed by atoms with van der Waals surface area (Å²) in [5.74, 6) is -0.172. The van der Waals surface area contributed by atoms with Crippen molar-refractivity contribution in [1.82, 2.24) is 0 Å². The van der Waals surface area contributed by atoms with Crippen molar-refractivity contribution < 1.29 is 19.1 Å². The second-order valence-electron chi connectivity index (χ2n) is 7.48. The smallest absolute Gasteiger partial charge is 0.224 e. The van der Waals surface area contributed by atoms with Gasteiger partial charge in [0.2, 0.25) is 11.8 Å². The van der Waals surface area contributed by atoms with Crippen LogP contribution in [-0.4, -0.2) is 38.8 Å². The van der Waals surface area contributed by atoms with Gasteiger partial charge in [0, 0.05) is 39.9 Å². The summed E-state index contributed by atoms with van der Waals surface area (Å²) in [7, 11) is 5.08. The summed E-state index contributed by atoms with van der Waals surface area (Å²) in [4.78, 5) is 40.5. The predicted octanol–water partition coefficient (Wildman–Crippen LogP) is 3.26. The van der Waals surface area contributed by atoms with Crippen LogP contribution >= 0.6 is 0 Å². The number of carbonyl (C=O) groups excluding carboxylic acids is 3. The van der Waals surface area contributed by atoms with Crippen molar-refractivity contribution in [1.29, 1.82) is 5.26 Å². The number of nitrogens with zero attached hydrogens (tertiary/aromatic N) is 3. The van der Waals surface area contributed by atoms with Crippen molar-refractivity contribution in [2.45, 2.75) is 19.8 Å². The second kappa shape index (κ2) is 9.87. The number of nitriles is 1. The molecule has 1 aliphatic rings. The number of carbonyl (C=O) groups is 3. The second-order valence-corrected chi connectivity index (χ2v) is 7.48. The SMILES string of the molecule is COc1ccc(NC(C)=O)c(NC(=O)CCC(=O)C(C#N)=C2N(C)c3ccccc3N2C)c1. The largest absolute Gasteiger partial charge is 0.497 e. The van der Waals surface area contributed by atoms with E-state index in [2.05, 4.69) is 10.6 Å². The number of nitrogens with one attached hydrogen (secondary N) is 2. The number of fused-ring (bicyclic) bond motifs is 1. The first kappa shape index (κ1) is 23.3. The van der Waals surface area contributed by atoms with Gasteiger partial charge in [0.1, 0.15) is 23.2 Å². The van der Waals surface area contributed by atoms with E-state index in [1.54, 1.807) is 42.1 Å². The number of ketones is 1. The first-order valence-corrected chi connectivity index (χ1v) is 10.3. The highest BCUT2D eigenvalue weighted by Gasteiger charge is 2.31. The van der Waals surface area contributed by atoms with Gasteiger partial charge in [0.15, 0.2) is 5.78 Å². The van der Waals surface area contributed by atoms with Gasteiger partial charge in [0.05, 0.1) is 29.9 Å². The van der Waals surface area contributed by atoms with Crippen LogP contribution in [0.2, 0.25) is 0 Å². The fraction of sp³-hybridized carbons (Fsp3) is 0.250. The van der Waals surface area contributed by atoms with E-state index in [-0.39, 0.29) is 24.3 Å². The molecule has 0 bridgehead atoms. The Kier molecular flexibility index (Phi) is 6.98. The number of anilines is 4. The molecule has 0 aliphatic carbocycles. The first-order valence-electron chi connectivity index (χ1n) is 10.3. The van der Waals surface area contributed by atoms with E-state index in [0.29, 0.717) is 22.9 Å². The van der Waals surface area contributed by atoms with Crippen molar-refractivity contribution in [3.63, 3.8) is 0 Å². The molecule has 2 aromatic carbocycles. The minimum absolute atomic E-state index is 0.00989. The maximum atomic E-state index is 12.9. The van der Waals surface area contributed by atoms with Gasteiger partial charge in [-0.1, -0.05) is 12.1 Å². The predicted molar refractivity (Wildman–Crippen MR) is 126 cm³/mol. The summed E-state index contributed by atoms with van der Waals surface area (Å²) in [6, 6.07) is 14.4. The normalized spacial score (nSPS) is 12.0. The molecule has 3 rings (SSSR count). The van der Waals surface area contributed by atoms with Gasteiger partial charge < -0.3 is 25.2 Å². The van der Waals surface area contributed by atoms with Gasteiger partial charge in [-0.25, -0.2) is 0 Å². The summed E-state index contributed by atoms with van der Waals surface area (Å²) in [6.45, 7) is 1.36. The van der Waals surface area contributed by atoms with Crippen LogP contribution in [0, 0.1) is 11.3 Å². The number of para-hydroxylation sites is 2. The molecule has 0 spiro atoms. The van der Waals surface area contributed by atoms with Crippen molar-refractivity contribution in [2.75, 3.05) is 41.6 Å². The zero-order chi connectivity index (χ0) is 24.1. The Morgan fingerprint density at radius 1 is 0.970 bits per heavy atom. The Hall–Kier alpha value is -4.32. The molecular weight excluding hydrogens is 422 g/mol. The van der Waals surface area contributed by atoms with Crippen LogP contribution in [0.3, 0.4) is 0 Å². The van der Waals surface area contributed by atoms with Crippen molar-refractivity contribution >= 4 is 40.3 Å². The van der Waals surface area contributed by atoms with Gasteiger partial charge in [-0.3, -0.25) is 14.4 Å². The van der Waals surface area contributed by atoms with E-state index in [0.717, 1.165) is 11.4 Å². The molecule has 0 fully saturated rings. The number of rotatable bonds is 7. The van der Waals surface area contributed by atoms with Crippen LogP contribution in [-0.2, 0) is 14.4 Å². The van der Waals surface area contributed by atoms with E-state index >= 15 is 0 Å². The highest BCUT2D eigenvalue weighted by Crippen LogP contribution is 2.40. The number of Topliss-reactive ketones (excluding diaryl/α,β-unsaturated/α-hetero) is 1. The lowest BCUT2D eigenvalue weighted by Gasteiger charge is -2.20. The Bertz CT molecular complexity index is 1150. The van der Waals surface area contributed by atoms with Crippen LogP contribution in [0.5, 0.6) is 5.75 Å². The molecule has 0 aromatic heterocycles. The van der Waals surface area contributed by atoms with E-state index in [1.807, 2.05) is 30.3 Å². The van der Waals surface area contributed by atoms with Gasteiger partial charge in [-0.2, -0.15) is 5.26 Å². The van der Waals surface area contributed by atoms with Gasteiger partial charge in [-0.15, -0.1) is 0 Å². The number of ether oxygens (including phenoxy) is 1. The number of allylic oxidation sites excluding steroid dienone is 1. The van der Waals surface area contributed by atoms with Gasteiger partial charge >= 0.3 is 0 Å². The van der Waals surface area contributed by atoms with Gasteiger partial charge in [-0.05, 0) is 24.3 Å². The number of hydrogen-bond donors (Lipinski definition) is 2. The van der Waals surface area contributed by atoms with E-state index < -0.39 is 11.7 Å². The summed E-state index contributed by atoms with van der Waals surface area (Å²) in [5, 5.41) is 15.1. The third kappa shape index (κ3) is 4.96. The zero-order valence-corrected chi connectivity index (χ0v) is 18.9. The third-order valence-corrected chi connectivity index (χ3v) is 5.24. The minimum atomic E-state index is -0.429. The molecule has 0 unspecified atom stereocenters. The van der Waals surface area contributed by atoms with E-state index in [4.69, 9.17) is 4.74 Å². The molecule has 9 heteroatoms. The Labute approximate surface area is 192 Å². The monoisotopic (exact) mass is 447 g/mol. The lowest BCUT2D eigenvalue weighted by molar-refractivity contribution is -0.120. The fourth-order valence-electron chi connectivity index (χ4n) is 3.67. The summed E-state index contributed by atoms with van der Waals surface area (Å²) < 4.78 is 5.17. The van der Waals surface area contributed by atoms with Gasteiger partial charge in [0.25, 0.3) is 0 Å². The average molecular weight is 447 g/mol. The molecule has 2 amide bonds. The highest BCUT2D eigenvalue weighted by atomic mass is 16.5. The van der Waals surface area contributed by atoms with Crippen LogP contribution in [0.4, 0.5) is 22.7 Å². The minimum Gasteiger partial charge on any atom is -0.497 e. The van der Waals surface area contributed by atoms with Crippen LogP contribution in [0.1, 0.15) is 19.8 Å². The molecule has 0 saturated heterocycles. The molecule has 170 valence electrons.